The fourth-order valence-corrected chi connectivity index (χ4v) is 1.16. The normalized spacial score (nSPS) is 11.2. The van der Waals surface area contributed by atoms with Gasteiger partial charge in [-0.25, -0.2) is 0 Å². The van der Waals surface area contributed by atoms with Gasteiger partial charge in [0.05, 0.1) is 25.3 Å². The zero-order chi connectivity index (χ0) is 12.2. The van der Waals surface area contributed by atoms with Gasteiger partial charge in [-0.1, -0.05) is 0 Å². The molecule has 0 aromatic carbocycles. The van der Waals surface area contributed by atoms with Gasteiger partial charge in [0.25, 0.3) is 0 Å². The topological polar surface area (TPSA) is 39.2 Å². The predicted octanol–water partition coefficient (Wildman–Crippen LogP) is 2.62. The Bertz CT molecular complexity index is 377. The predicted molar refractivity (Wildman–Crippen MR) is 50.4 cm³/mol. The molecule has 0 aliphatic carbocycles. The summed E-state index contributed by atoms with van der Waals surface area (Å²) in [5, 5.41) is 0. The second-order valence-electron chi connectivity index (χ2n) is 3.11. The van der Waals surface area contributed by atoms with E-state index in [-0.39, 0.29) is 11.3 Å². The van der Waals surface area contributed by atoms with Crippen molar-refractivity contribution in [3.8, 4) is 5.75 Å². The van der Waals surface area contributed by atoms with Gasteiger partial charge in [0, 0.05) is 12.6 Å². The summed E-state index contributed by atoms with van der Waals surface area (Å²) in [6.07, 6.45) is -3.40. The average Bonchev–Trinajstić information content (AvgIpc) is 2.25. The molecule has 0 amide bonds. The van der Waals surface area contributed by atoms with E-state index in [2.05, 4.69) is 4.98 Å². The number of halogens is 3. The monoisotopic (exact) mass is 233 g/mol. The van der Waals surface area contributed by atoms with Crippen molar-refractivity contribution >= 4 is 5.78 Å². The lowest BCUT2D eigenvalue weighted by molar-refractivity contribution is -0.133. The van der Waals surface area contributed by atoms with Gasteiger partial charge in [0.1, 0.15) is 5.75 Å². The van der Waals surface area contributed by atoms with Crippen molar-refractivity contribution in [2.45, 2.75) is 19.0 Å². The SMILES string of the molecule is COc1cnccc1C(=O)CCC(F)(F)F. The number of alkyl halides is 3. The lowest BCUT2D eigenvalue weighted by Crippen LogP contribution is -2.11. The smallest absolute Gasteiger partial charge is 0.389 e. The number of ketones is 1. The number of nitrogens with zero attached hydrogens (tertiary/aromatic N) is 1. The molecule has 88 valence electrons. The number of hydrogen-bond donors (Lipinski definition) is 0. The average molecular weight is 233 g/mol. The fraction of sp³-hybridized carbons (Fsp3) is 0.400. The highest BCUT2D eigenvalue weighted by Gasteiger charge is 2.28. The highest BCUT2D eigenvalue weighted by Crippen LogP contribution is 2.24. The molecule has 0 unspecified atom stereocenters. The number of rotatable bonds is 4. The minimum Gasteiger partial charge on any atom is -0.494 e. The van der Waals surface area contributed by atoms with Crippen LogP contribution in [-0.4, -0.2) is 24.1 Å². The number of aromatic nitrogens is 1. The van der Waals surface area contributed by atoms with Crippen LogP contribution >= 0.6 is 0 Å². The van der Waals surface area contributed by atoms with Crippen molar-refractivity contribution in [2.24, 2.45) is 0 Å². The van der Waals surface area contributed by atoms with Gasteiger partial charge in [-0.15, -0.1) is 0 Å². The van der Waals surface area contributed by atoms with Crippen LogP contribution in [0.25, 0.3) is 0 Å². The first-order valence-electron chi connectivity index (χ1n) is 4.52. The Hall–Kier alpha value is -1.59. The molecule has 6 heteroatoms. The van der Waals surface area contributed by atoms with Crippen LogP contribution in [0.15, 0.2) is 18.5 Å². The van der Waals surface area contributed by atoms with Crippen molar-refractivity contribution in [3.05, 3.63) is 24.0 Å². The summed E-state index contributed by atoms with van der Waals surface area (Å²) >= 11 is 0. The minimum atomic E-state index is -4.32. The van der Waals surface area contributed by atoms with Crippen molar-refractivity contribution in [1.29, 1.82) is 0 Å². The van der Waals surface area contributed by atoms with Crippen LogP contribution in [0, 0.1) is 0 Å². The molecule has 1 aromatic rings. The zero-order valence-corrected chi connectivity index (χ0v) is 8.54. The number of methoxy groups -OCH3 is 1. The van der Waals surface area contributed by atoms with Gasteiger partial charge < -0.3 is 4.74 Å². The van der Waals surface area contributed by atoms with Gasteiger partial charge in [0.15, 0.2) is 5.78 Å². The first-order valence-corrected chi connectivity index (χ1v) is 4.52. The Balaban J connectivity index is 2.73. The summed E-state index contributed by atoms with van der Waals surface area (Å²) in [4.78, 5) is 15.2. The van der Waals surface area contributed by atoms with Gasteiger partial charge in [-0.3, -0.25) is 9.78 Å². The molecule has 0 N–H and O–H groups in total. The molecule has 1 heterocycles. The molecule has 0 bridgehead atoms. The van der Waals surface area contributed by atoms with Crippen LogP contribution in [0.1, 0.15) is 23.2 Å². The highest BCUT2D eigenvalue weighted by molar-refractivity contribution is 5.98. The third-order valence-corrected chi connectivity index (χ3v) is 1.94. The van der Waals surface area contributed by atoms with E-state index >= 15 is 0 Å². The van der Waals surface area contributed by atoms with Gasteiger partial charge in [-0.2, -0.15) is 13.2 Å². The number of hydrogen-bond acceptors (Lipinski definition) is 3. The summed E-state index contributed by atoms with van der Waals surface area (Å²) in [5.41, 5.74) is 0.127. The Labute approximate surface area is 90.2 Å². The lowest BCUT2D eigenvalue weighted by atomic mass is 10.1. The van der Waals surface area contributed by atoms with Gasteiger partial charge in [-0.05, 0) is 6.07 Å². The Kier molecular flexibility index (Phi) is 3.87. The molecule has 0 aliphatic heterocycles. The van der Waals surface area contributed by atoms with E-state index in [9.17, 15) is 18.0 Å². The molecule has 0 spiro atoms. The first kappa shape index (κ1) is 12.5. The molecular weight excluding hydrogens is 223 g/mol. The first-order chi connectivity index (χ1) is 7.44. The van der Waals surface area contributed by atoms with E-state index in [1.165, 1.54) is 25.6 Å². The molecule has 1 aromatic heterocycles. The summed E-state index contributed by atoms with van der Waals surface area (Å²) in [5.74, 6) is -0.411. The van der Waals surface area contributed by atoms with Gasteiger partial charge in [0.2, 0.25) is 0 Å². The second kappa shape index (κ2) is 4.96. The van der Waals surface area contributed by atoms with E-state index in [1.807, 2.05) is 0 Å². The maximum atomic E-state index is 11.9. The Morgan fingerprint density at radius 3 is 2.75 bits per heavy atom. The van der Waals surface area contributed by atoms with Gasteiger partial charge >= 0.3 is 6.18 Å². The zero-order valence-electron chi connectivity index (χ0n) is 8.54. The quantitative estimate of drug-likeness (QED) is 0.750. The summed E-state index contributed by atoms with van der Waals surface area (Å²) < 4.78 is 40.6. The molecule has 0 atom stereocenters. The summed E-state index contributed by atoms with van der Waals surface area (Å²) in [6, 6.07) is 1.34. The van der Waals surface area contributed by atoms with Crippen molar-refractivity contribution < 1.29 is 22.7 Å². The number of carbonyl (C=O) groups excluding carboxylic acids is 1. The maximum Gasteiger partial charge on any atom is 0.389 e. The Morgan fingerprint density at radius 2 is 2.19 bits per heavy atom. The van der Waals surface area contributed by atoms with Crippen LogP contribution in [0.5, 0.6) is 5.75 Å². The molecule has 0 fully saturated rings. The number of carbonyl (C=O) groups is 1. The lowest BCUT2D eigenvalue weighted by Gasteiger charge is -2.08. The molecule has 16 heavy (non-hydrogen) atoms. The van der Waals surface area contributed by atoms with Crippen LogP contribution in [0.3, 0.4) is 0 Å². The summed E-state index contributed by atoms with van der Waals surface area (Å²) in [6.45, 7) is 0. The minimum absolute atomic E-state index is 0.127. The highest BCUT2D eigenvalue weighted by atomic mass is 19.4. The summed E-state index contributed by atoms with van der Waals surface area (Å²) in [7, 11) is 1.33. The van der Waals surface area contributed by atoms with E-state index < -0.39 is 24.8 Å². The van der Waals surface area contributed by atoms with Crippen LogP contribution in [-0.2, 0) is 0 Å². The van der Waals surface area contributed by atoms with E-state index in [0.717, 1.165) is 0 Å². The molecule has 1 rings (SSSR count). The van der Waals surface area contributed by atoms with E-state index in [4.69, 9.17) is 4.74 Å². The van der Waals surface area contributed by atoms with E-state index in [1.54, 1.807) is 0 Å². The van der Waals surface area contributed by atoms with Crippen LogP contribution in [0.2, 0.25) is 0 Å². The number of Topliss-reactive ketones (excluding diaryl/α,β-unsaturated/α-hetero) is 1. The largest absolute Gasteiger partial charge is 0.494 e. The van der Waals surface area contributed by atoms with Crippen LogP contribution < -0.4 is 4.74 Å². The van der Waals surface area contributed by atoms with Crippen molar-refractivity contribution in [3.63, 3.8) is 0 Å². The van der Waals surface area contributed by atoms with Crippen LogP contribution in [0.4, 0.5) is 13.2 Å². The molecular formula is C10H10F3NO2. The number of pyridine rings is 1. The fourth-order valence-electron chi connectivity index (χ4n) is 1.16. The second-order valence-corrected chi connectivity index (χ2v) is 3.11. The third-order valence-electron chi connectivity index (χ3n) is 1.94. The number of ether oxygens (including phenoxy) is 1. The third kappa shape index (κ3) is 3.52. The molecule has 0 saturated heterocycles. The standard InChI is InChI=1S/C10H10F3NO2/c1-16-9-6-14-5-3-7(9)8(15)2-4-10(11,12)13/h3,5-6H,2,4H2,1H3. The van der Waals surface area contributed by atoms with Crippen molar-refractivity contribution in [2.75, 3.05) is 7.11 Å². The molecule has 3 nitrogen and oxygen atoms in total. The maximum absolute atomic E-state index is 11.9. The molecule has 0 radical (unpaired) electrons. The Morgan fingerprint density at radius 1 is 1.50 bits per heavy atom. The molecule has 0 saturated carbocycles. The van der Waals surface area contributed by atoms with Crippen molar-refractivity contribution in [1.82, 2.24) is 4.98 Å². The molecule has 0 aliphatic rings. The van der Waals surface area contributed by atoms with E-state index in [0.29, 0.717) is 0 Å².